The molecule has 1 N–H and O–H groups in total. The first-order valence-corrected chi connectivity index (χ1v) is 8.61. The van der Waals surface area contributed by atoms with Gasteiger partial charge in [-0.05, 0) is 42.5 Å². The lowest BCUT2D eigenvalue weighted by molar-refractivity contribution is 0.534. The lowest BCUT2D eigenvalue weighted by Crippen LogP contribution is -2.12. The van der Waals surface area contributed by atoms with Crippen molar-refractivity contribution in [1.82, 2.24) is 4.98 Å². The molecule has 0 radical (unpaired) electrons. The van der Waals surface area contributed by atoms with Crippen LogP contribution in [-0.2, 0) is 10.0 Å². The van der Waals surface area contributed by atoms with Crippen molar-refractivity contribution in [2.45, 2.75) is 11.8 Å². The van der Waals surface area contributed by atoms with Crippen LogP contribution < -0.4 is 4.72 Å². The number of oxazole rings is 1. The Morgan fingerprint density at radius 3 is 2.48 bits per heavy atom. The Labute approximate surface area is 139 Å². The van der Waals surface area contributed by atoms with E-state index in [1.807, 2.05) is 0 Å². The zero-order chi connectivity index (χ0) is 16.4. The van der Waals surface area contributed by atoms with Gasteiger partial charge in [-0.1, -0.05) is 17.7 Å². The Bertz CT molecular complexity index is 934. The summed E-state index contributed by atoms with van der Waals surface area (Å²) in [5, 5.41) is 0.459. The second-order valence-electron chi connectivity index (χ2n) is 4.88. The summed E-state index contributed by atoms with van der Waals surface area (Å²) in [6.07, 6.45) is 1.60. The maximum Gasteiger partial charge on any atom is 0.261 e. The van der Waals surface area contributed by atoms with Crippen molar-refractivity contribution in [3.63, 3.8) is 0 Å². The highest BCUT2D eigenvalue weighted by Crippen LogP contribution is 2.24. The van der Waals surface area contributed by atoms with Gasteiger partial charge >= 0.3 is 0 Å². The maximum atomic E-state index is 12.4. The Balaban J connectivity index is 1.86. The van der Waals surface area contributed by atoms with Crippen LogP contribution in [0.3, 0.4) is 0 Å². The van der Waals surface area contributed by atoms with Crippen molar-refractivity contribution in [3.8, 4) is 11.3 Å². The van der Waals surface area contributed by atoms with Gasteiger partial charge in [-0.25, -0.2) is 13.4 Å². The summed E-state index contributed by atoms with van der Waals surface area (Å²) >= 11 is 5.86. The summed E-state index contributed by atoms with van der Waals surface area (Å²) in [4.78, 5) is 4.17. The third-order valence-corrected chi connectivity index (χ3v) is 4.78. The average Bonchev–Trinajstić information content (AvgIpc) is 2.93. The zero-order valence-corrected chi connectivity index (χ0v) is 13.7. The molecule has 1 heterocycles. The summed E-state index contributed by atoms with van der Waals surface area (Å²) in [5.74, 6) is 1.15. The first kappa shape index (κ1) is 15.6. The standard InChI is InChI=1S/C16H13ClN2O3S/c1-11-18-10-16(22-11)12-5-7-15(8-6-12)23(20,21)19-14-4-2-3-13(17)9-14/h2-10,19H,1H3. The number of benzene rings is 2. The topological polar surface area (TPSA) is 72.2 Å². The molecule has 23 heavy (non-hydrogen) atoms. The average molecular weight is 349 g/mol. The molecule has 1 aromatic heterocycles. The van der Waals surface area contributed by atoms with Gasteiger partial charge < -0.3 is 4.42 Å². The molecule has 0 spiro atoms. The number of aromatic nitrogens is 1. The van der Waals surface area contributed by atoms with Crippen molar-refractivity contribution in [1.29, 1.82) is 0 Å². The molecule has 0 saturated heterocycles. The Kier molecular flexibility index (Phi) is 4.11. The number of hydrogen-bond donors (Lipinski definition) is 1. The van der Waals surface area contributed by atoms with Gasteiger partial charge in [0, 0.05) is 17.5 Å². The van der Waals surface area contributed by atoms with Crippen molar-refractivity contribution in [3.05, 3.63) is 65.6 Å². The van der Waals surface area contributed by atoms with Crippen molar-refractivity contribution >= 4 is 27.3 Å². The fourth-order valence-corrected chi connectivity index (χ4v) is 3.30. The van der Waals surface area contributed by atoms with E-state index in [2.05, 4.69) is 9.71 Å². The van der Waals surface area contributed by atoms with Crippen molar-refractivity contribution in [2.24, 2.45) is 0 Å². The second-order valence-corrected chi connectivity index (χ2v) is 7.00. The largest absolute Gasteiger partial charge is 0.441 e. The van der Waals surface area contributed by atoms with Gasteiger partial charge in [0.15, 0.2) is 11.7 Å². The van der Waals surface area contributed by atoms with Crippen LogP contribution in [0.25, 0.3) is 11.3 Å². The molecule has 0 saturated carbocycles. The molecule has 5 nitrogen and oxygen atoms in total. The molecule has 3 rings (SSSR count). The van der Waals surface area contributed by atoms with Gasteiger partial charge in [0.05, 0.1) is 16.8 Å². The fourth-order valence-electron chi connectivity index (χ4n) is 2.06. The summed E-state index contributed by atoms with van der Waals surface area (Å²) in [6, 6.07) is 12.9. The highest BCUT2D eigenvalue weighted by molar-refractivity contribution is 7.92. The van der Waals surface area contributed by atoms with Gasteiger partial charge in [-0.15, -0.1) is 0 Å². The normalized spacial score (nSPS) is 11.4. The lowest BCUT2D eigenvalue weighted by atomic mass is 10.2. The van der Waals surface area contributed by atoms with E-state index in [9.17, 15) is 8.42 Å². The molecule has 0 fully saturated rings. The van der Waals surface area contributed by atoms with Crippen LogP contribution in [0.1, 0.15) is 5.89 Å². The minimum absolute atomic E-state index is 0.150. The van der Waals surface area contributed by atoms with Crippen LogP contribution in [0.2, 0.25) is 5.02 Å². The maximum absolute atomic E-state index is 12.4. The molecule has 0 aliphatic carbocycles. The number of rotatable bonds is 4. The van der Waals surface area contributed by atoms with Crippen LogP contribution in [0.5, 0.6) is 0 Å². The van der Waals surface area contributed by atoms with Gasteiger partial charge in [-0.2, -0.15) is 0 Å². The molecule has 0 aliphatic heterocycles. The molecule has 3 aromatic rings. The molecule has 2 aromatic carbocycles. The zero-order valence-electron chi connectivity index (χ0n) is 12.2. The molecule has 118 valence electrons. The lowest BCUT2D eigenvalue weighted by Gasteiger charge is -2.08. The summed E-state index contributed by atoms with van der Waals surface area (Å²) in [7, 11) is -3.68. The number of sulfonamides is 1. The highest BCUT2D eigenvalue weighted by Gasteiger charge is 2.15. The Morgan fingerprint density at radius 2 is 1.87 bits per heavy atom. The second kappa shape index (κ2) is 6.06. The number of nitrogens with zero attached hydrogens (tertiary/aromatic N) is 1. The minimum Gasteiger partial charge on any atom is -0.441 e. The summed E-state index contributed by atoms with van der Waals surface area (Å²) in [6.45, 7) is 1.75. The van der Waals surface area contributed by atoms with E-state index in [1.165, 1.54) is 12.1 Å². The van der Waals surface area contributed by atoms with E-state index in [0.29, 0.717) is 22.4 Å². The third-order valence-electron chi connectivity index (χ3n) is 3.15. The van der Waals surface area contributed by atoms with E-state index in [0.717, 1.165) is 5.56 Å². The number of halogens is 1. The number of aryl methyl sites for hydroxylation is 1. The van der Waals surface area contributed by atoms with Crippen LogP contribution in [0.15, 0.2) is 64.0 Å². The van der Waals surface area contributed by atoms with Crippen LogP contribution in [-0.4, -0.2) is 13.4 Å². The van der Waals surface area contributed by atoms with Gasteiger partial charge in [0.1, 0.15) is 0 Å². The Morgan fingerprint density at radius 1 is 1.13 bits per heavy atom. The van der Waals surface area contributed by atoms with E-state index in [1.54, 1.807) is 49.5 Å². The highest BCUT2D eigenvalue weighted by atomic mass is 35.5. The van der Waals surface area contributed by atoms with E-state index < -0.39 is 10.0 Å². The number of nitrogens with one attached hydrogen (secondary N) is 1. The first-order valence-electron chi connectivity index (χ1n) is 6.75. The van der Waals surface area contributed by atoms with Crippen LogP contribution in [0, 0.1) is 6.92 Å². The van der Waals surface area contributed by atoms with Crippen molar-refractivity contribution < 1.29 is 12.8 Å². The van der Waals surface area contributed by atoms with E-state index in [4.69, 9.17) is 16.0 Å². The molecular formula is C16H13ClN2O3S. The van der Waals surface area contributed by atoms with Crippen LogP contribution >= 0.6 is 11.6 Å². The molecule has 0 amide bonds. The molecule has 0 unspecified atom stereocenters. The minimum atomic E-state index is -3.68. The van der Waals surface area contributed by atoms with Crippen LogP contribution in [0.4, 0.5) is 5.69 Å². The first-order chi connectivity index (χ1) is 10.9. The smallest absolute Gasteiger partial charge is 0.261 e. The van der Waals surface area contributed by atoms with E-state index >= 15 is 0 Å². The van der Waals surface area contributed by atoms with Gasteiger partial charge in [-0.3, -0.25) is 4.72 Å². The Hall–Kier alpha value is -2.31. The summed E-state index contributed by atoms with van der Waals surface area (Å²) in [5.41, 5.74) is 1.17. The monoisotopic (exact) mass is 348 g/mol. The predicted octanol–water partition coefficient (Wildman–Crippen LogP) is 4.10. The van der Waals surface area contributed by atoms with Crippen molar-refractivity contribution in [2.75, 3.05) is 4.72 Å². The number of anilines is 1. The molecule has 0 atom stereocenters. The summed E-state index contributed by atoms with van der Waals surface area (Å²) < 4.78 is 32.7. The molecule has 7 heteroatoms. The molecule has 0 aliphatic rings. The third kappa shape index (κ3) is 3.55. The van der Waals surface area contributed by atoms with Gasteiger partial charge in [0.2, 0.25) is 0 Å². The molecule has 0 bridgehead atoms. The molecular weight excluding hydrogens is 336 g/mol. The predicted molar refractivity (Wildman–Crippen MR) is 88.9 cm³/mol. The number of hydrogen-bond acceptors (Lipinski definition) is 4. The SMILES string of the molecule is Cc1ncc(-c2ccc(S(=O)(=O)Nc3cccc(Cl)c3)cc2)o1. The quantitative estimate of drug-likeness (QED) is 0.770. The van der Waals surface area contributed by atoms with Gasteiger partial charge in [0.25, 0.3) is 10.0 Å². The van der Waals surface area contributed by atoms with E-state index in [-0.39, 0.29) is 4.90 Å². The fraction of sp³-hybridized carbons (Fsp3) is 0.0625.